The fraction of sp³-hybridized carbons (Fsp3) is 0.240. The number of phenols is 1. The molecule has 6 rings (SSSR count). The number of carbonyl (C=O) groups excluding carboxylic acids is 2. The third-order valence-electron chi connectivity index (χ3n) is 6.66. The molecule has 0 aliphatic carbocycles. The highest BCUT2D eigenvalue weighted by Gasteiger charge is 2.36. The Kier molecular flexibility index (Phi) is 5.13. The lowest BCUT2D eigenvalue weighted by Gasteiger charge is -2.17. The minimum atomic E-state index is -0.507. The van der Waals surface area contributed by atoms with Crippen LogP contribution in [0.1, 0.15) is 35.1 Å². The van der Waals surface area contributed by atoms with Gasteiger partial charge in [-0.05, 0) is 29.5 Å². The number of primary amides is 1. The zero-order chi connectivity index (χ0) is 22.9. The standard InChI is InChI=1S/C24H20ClN5O3.CH4/c25-10-12-11-30(18-9-19(31)13-3-1-2-4-14(13)20(12)18)23(32)22-27-16-5-6-17-15(21(16)28-22)7-8-29(17)24(26)33;/h1-6,9,12,31H,7-8,10-11H2,(H2,26,33)(H,27,28);1H4/t12-;/m1./s1. The number of anilines is 2. The first-order valence-corrected chi connectivity index (χ1v) is 11.2. The largest absolute Gasteiger partial charge is 0.507 e. The molecule has 3 aromatic carbocycles. The summed E-state index contributed by atoms with van der Waals surface area (Å²) in [6.45, 7) is 0.888. The molecule has 2 aliphatic rings. The average molecular weight is 478 g/mol. The summed E-state index contributed by atoms with van der Waals surface area (Å²) in [5.74, 6) is 0.306. The number of amides is 3. The highest BCUT2D eigenvalue weighted by molar-refractivity contribution is 6.19. The van der Waals surface area contributed by atoms with Crippen LogP contribution in [0.2, 0.25) is 0 Å². The molecule has 9 heteroatoms. The Morgan fingerprint density at radius 1 is 1.15 bits per heavy atom. The summed E-state index contributed by atoms with van der Waals surface area (Å²) >= 11 is 6.29. The first-order chi connectivity index (χ1) is 16.0. The number of hydrogen-bond acceptors (Lipinski definition) is 4. The molecule has 0 saturated carbocycles. The van der Waals surface area contributed by atoms with Crippen molar-refractivity contribution in [3.05, 3.63) is 59.4 Å². The molecule has 1 aromatic heterocycles. The number of aromatic hydroxyl groups is 1. The number of phenolic OH excluding ortho intramolecular Hbond substituents is 1. The van der Waals surface area contributed by atoms with Crippen LogP contribution in [0.25, 0.3) is 21.8 Å². The second kappa shape index (κ2) is 7.92. The Bertz CT molecular complexity index is 1480. The smallest absolute Gasteiger partial charge is 0.319 e. The maximum absolute atomic E-state index is 13.6. The van der Waals surface area contributed by atoms with E-state index in [0.29, 0.717) is 36.6 Å². The van der Waals surface area contributed by atoms with Crippen molar-refractivity contribution in [3.63, 3.8) is 0 Å². The van der Waals surface area contributed by atoms with Crippen LogP contribution in [0.5, 0.6) is 5.75 Å². The number of alkyl halides is 1. The lowest BCUT2D eigenvalue weighted by Crippen LogP contribution is -2.33. The number of hydrogen-bond donors (Lipinski definition) is 3. The van der Waals surface area contributed by atoms with E-state index in [1.807, 2.05) is 30.3 Å². The van der Waals surface area contributed by atoms with Gasteiger partial charge in [0.15, 0.2) is 5.82 Å². The summed E-state index contributed by atoms with van der Waals surface area (Å²) in [5, 5.41) is 12.2. The average Bonchev–Trinajstić information content (AvgIpc) is 3.52. The molecular formula is C25H24ClN5O3. The van der Waals surface area contributed by atoms with Crippen LogP contribution in [0.15, 0.2) is 42.5 Å². The first-order valence-electron chi connectivity index (χ1n) is 10.7. The Hall–Kier alpha value is -3.78. The molecule has 0 fully saturated rings. The minimum Gasteiger partial charge on any atom is -0.507 e. The molecule has 3 amide bonds. The van der Waals surface area contributed by atoms with E-state index in [9.17, 15) is 14.7 Å². The molecule has 2 aliphatic heterocycles. The fourth-order valence-corrected chi connectivity index (χ4v) is 5.42. The molecule has 0 bridgehead atoms. The molecule has 4 aromatic rings. The normalized spacial score (nSPS) is 16.6. The summed E-state index contributed by atoms with van der Waals surface area (Å²) in [6.07, 6.45) is 0.620. The summed E-state index contributed by atoms with van der Waals surface area (Å²) in [7, 11) is 0. The molecule has 0 saturated heterocycles. The third kappa shape index (κ3) is 3.02. The van der Waals surface area contributed by atoms with E-state index in [0.717, 1.165) is 33.1 Å². The van der Waals surface area contributed by atoms with Gasteiger partial charge in [-0.25, -0.2) is 9.78 Å². The summed E-state index contributed by atoms with van der Waals surface area (Å²) < 4.78 is 0. The molecule has 8 nitrogen and oxygen atoms in total. The minimum absolute atomic E-state index is 0. The Morgan fingerprint density at radius 2 is 1.91 bits per heavy atom. The van der Waals surface area contributed by atoms with Gasteiger partial charge in [0.2, 0.25) is 0 Å². The molecule has 174 valence electrons. The van der Waals surface area contributed by atoms with Gasteiger partial charge in [-0.1, -0.05) is 31.7 Å². The van der Waals surface area contributed by atoms with Gasteiger partial charge in [0.25, 0.3) is 5.91 Å². The van der Waals surface area contributed by atoms with Crippen LogP contribution in [0, 0.1) is 0 Å². The van der Waals surface area contributed by atoms with E-state index < -0.39 is 6.03 Å². The van der Waals surface area contributed by atoms with Gasteiger partial charge in [-0.15, -0.1) is 11.6 Å². The number of benzene rings is 3. The topological polar surface area (TPSA) is 116 Å². The van der Waals surface area contributed by atoms with E-state index >= 15 is 0 Å². The number of nitrogens with one attached hydrogen (secondary N) is 1. The molecule has 3 heterocycles. The number of nitrogens with two attached hydrogens (primary N) is 1. The van der Waals surface area contributed by atoms with Crippen molar-refractivity contribution in [2.24, 2.45) is 5.73 Å². The number of carbonyl (C=O) groups is 2. The van der Waals surface area contributed by atoms with Gasteiger partial charge in [0.1, 0.15) is 5.75 Å². The van der Waals surface area contributed by atoms with Gasteiger partial charge in [0, 0.05) is 41.9 Å². The van der Waals surface area contributed by atoms with Crippen LogP contribution in [0.4, 0.5) is 16.2 Å². The second-order valence-corrected chi connectivity index (χ2v) is 8.73. The number of aromatic amines is 1. The molecule has 0 radical (unpaired) electrons. The molecule has 1 atom stereocenters. The number of halogens is 1. The zero-order valence-electron chi connectivity index (χ0n) is 17.5. The van der Waals surface area contributed by atoms with Crippen molar-refractivity contribution in [1.29, 1.82) is 0 Å². The van der Waals surface area contributed by atoms with Gasteiger partial charge in [0.05, 0.1) is 22.4 Å². The number of fused-ring (bicyclic) bond motifs is 6. The van der Waals surface area contributed by atoms with Crippen LogP contribution in [-0.2, 0) is 6.42 Å². The van der Waals surface area contributed by atoms with Gasteiger partial charge in [-0.2, -0.15) is 0 Å². The predicted molar refractivity (Wildman–Crippen MR) is 134 cm³/mol. The number of aromatic nitrogens is 2. The molecule has 34 heavy (non-hydrogen) atoms. The van der Waals surface area contributed by atoms with Gasteiger partial charge >= 0.3 is 6.03 Å². The van der Waals surface area contributed by atoms with E-state index in [2.05, 4.69) is 9.97 Å². The quantitative estimate of drug-likeness (QED) is 0.369. The van der Waals surface area contributed by atoms with Crippen molar-refractivity contribution in [3.8, 4) is 5.75 Å². The van der Waals surface area contributed by atoms with Crippen molar-refractivity contribution >= 4 is 56.7 Å². The Balaban J connectivity index is 0.00000241. The zero-order valence-corrected chi connectivity index (χ0v) is 18.3. The van der Waals surface area contributed by atoms with Crippen LogP contribution < -0.4 is 15.5 Å². The predicted octanol–water partition coefficient (Wildman–Crippen LogP) is 4.48. The highest BCUT2D eigenvalue weighted by Crippen LogP contribution is 2.45. The third-order valence-corrected chi connectivity index (χ3v) is 7.03. The Morgan fingerprint density at radius 3 is 2.65 bits per heavy atom. The van der Waals surface area contributed by atoms with Crippen molar-refractivity contribution < 1.29 is 14.7 Å². The molecule has 0 unspecified atom stereocenters. The maximum Gasteiger partial charge on any atom is 0.319 e. The lowest BCUT2D eigenvalue weighted by atomic mass is 9.95. The number of imidazole rings is 1. The fourth-order valence-electron chi connectivity index (χ4n) is 5.17. The second-order valence-electron chi connectivity index (χ2n) is 8.43. The molecular weight excluding hydrogens is 454 g/mol. The van der Waals surface area contributed by atoms with Crippen LogP contribution in [-0.4, -0.2) is 46.0 Å². The van der Waals surface area contributed by atoms with E-state index in [1.54, 1.807) is 17.0 Å². The van der Waals surface area contributed by atoms with Crippen LogP contribution in [0.3, 0.4) is 0 Å². The Labute approximate surface area is 200 Å². The number of urea groups is 1. The van der Waals surface area contributed by atoms with Crippen LogP contribution >= 0.6 is 11.6 Å². The molecule has 0 spiro atoms. The van der Waals surface area contributed by atoms with Crippen molar-refractivity contribution in [2.75, 3.05) is 28.8 Å². The lowest BCUT2D eigenvalue weighted by molar-refractivity contribution is 0.0979. The van der Waals surface area contributed by atoms with E-state index in [-0.39, 0.29) is 30.8 Å². The SMILES string of the molecule is C.NC(=O)N1CCc2c1ccc1[nH]c(C(=O)N3C[C@@H](CCl)c4c3cc(O)c3ccccc43)nc21. The molecule has 4 N–H and O–H groups in total. The van der Waals surface area contributed by atoms with E-state index in [4.69, 9.17) is 17.3 Å². The highest BCUT2D eigenvalue weighted by atomic mass is 35.5. The number of rotatable bonds is 2. The van der Waals surface area contributed by atoms with Gasteiger partial charge < -0.3 is 20.7 Å². The monoisotopic (exact) mass is 477 g/mol. The van der Waals surface area contributed by atoms with Crippen molar-refractivity contribution in [1.82, 2.24) is 9.97 Å². The van der Waals surface area contributed by atoms with E-state index in [1.165, 1.54) is 4.90 Å². The van der Waals surface area contributed by atoms with Crippen molar-refractivity contribution in [2.45, 2.75) is 19.8 Å². The summed E-state index contributed by atoms with van der Waals surface area (Å²) in [6, 6.07) is 12.3. The maximum atomic E-state index is 13.6. The summed E-state index contributed by atoms with van der Waals surface area (Å²) in [4.78, 5) is 36.2. The number of nitrogens with zero attached hydrogens (tertiary/aromatic N) is 3. The number of H-pyrrole nitrogens is 1. The first kappa shape index (κ1) is 22.0. The summed E-state index contributed by atoms with van der Waals surface area (Å²) in [5.41, 5.74) is 10.1. The van der Waals surface area contributed by atoms with Gasteiger partial charge in [-0.3, -0.25) is 9.69 Å².